The fraction of sp³-hybridized carbons (Fsp3) is 0.333. The lowest BCUT2D eigenvalue weighted by Gasteiger charge is -2.07. The van der Waals surface area contributed by atoms with E-state index in [0.29, 0.717) is 36.5 Å². The molecule has 0 aliphatic heterocycles. The van der Waals surface area contributed by atoms with Crippen LogP contribution in [0.5, 0.6) is 0 Å². The largest absolute Gasteiger partial charge is 0.397 e. The van der Waals surface area contributed by atoms with Crippen molar-refractivity contribution in [1.29, 1.82) is 0 Å². The molecule has 0 radical (unpaired) electrons. The summed E-state index contributed by atoms with van der Waals surface area (Å²) < 4.78 is 10.1. The molecule has 0 amide bonds. The summed E-state index contributed by atoms with van der Waals surface area (Å²) in [5.74, 6) is 0. The van der Waals surface area contributed by atoms with Crippen molar-refractivity contribution in [2.45, 2.75) is 6.92 Å². The molecule has 0 aliphatic carbocycles. The first kappa shape index (κ1) is 12.4. The number of nitrogens with zero attached hydrogens (tertiary/aromatic N) is 2. The molecule has 96 valence electrons. The van der Waals surface area contributed by atoms with Gasteiger partial charge in [-0.3, -0.25) is 0 Å². The van der Waals surface area contributed by atoms with Crippen LogP contribution in [0, 0.1) is 0 Å². The van der Waals surface area contributed by atoms with E-state index in [0.717, 1.165) is 11.3 Å². The Kier molecular flexibility index (Phi) is 3.78. The Labute approximate surface area is 105 Å². The second-order valence-corrected chi connectivity index (χ2v) is 4.10. The topological polar surface area (TPSA) is 86.2 Å². The molecule has 2 aromatic rings. The summed E-state index contributed by atoms with van der Waals surface area (Å²) in [6.07, 6.45) is 0. The highest BCUT2D eigenvalue weighted by Gasteiger charge is 2.09. The van der Waals surface area contributed by atoms with Crippen molar-refractivity contribution in [3.8, 4) is 0 Å². The third-order valence-corrected chi connectivity index (χ3v) is 2.36. The maximum absolute atomic E-state index is 5.75. The molecule has 1 heterocycles. The van der Waals surface area contributed by atoms with Crippen LogP contribution in [0.15, 0.2) is 28.9 Å². The minimum absolute atomic E-state index is 0.551. The van der Waals surface area contributed by atoms with Gasteiger partial charge >= 0.3 is 0 Å². The molecule has 0 atom stereocenters. The molecule has 1 aromatic carbocycles. The molecular weight excluding hydrogens is 232 g/mol. The maximum Gasteiger partial charge on any atom is 0.160 e. The summed E-state index contributed by atoms with van der Waals surface area (Å²) in [6.45, 7) is 7.52. The summed E-state index contributed by atoms with van der Waals surface area (Å²) >= 11 is 0. The molecule has 0 fully saturated rings. The normalized spacial score (nSPS) is 10.7. The minimum atomic E-state index is 0.551. The van der Waals surface area contributed by atoms with Crippen molar-refractivity contribution >= 4 is 22.4 Å². The van der Waals surface area contributed by atoms with E-state index in [1.54, 1.807) is 6.07 Å². The standard InChI is InChI=1S/C12H16N4O2/c1-8(2)7-17-6-5-14-10-4-3-9(13)11-12(10)16-18-15-11/h3-4,14H,1,5-7,13H2,2H3. The van der Waals surface area contributed by atoms with E-state index >= 15 is 0 Å². The number of rotatable bonds is 6. The first-order chi connectivity index (χ1) is 8.68. The molecule has 0 saturated heterocycles. The lowest BCUT2D eigenvalue weighted by atomic mass is 10.2. The number of fused-ring (bicyclic) bond motifs is 1. The van der Waals surface area contributed by atoms with Gasteiger partial charge in [-0.05, 0) is 29.4 Å². The van der Waals surface area contributed by atoms with E-state index in [1.165, 1.54) is 0 Å². The second-order valence-electron chi connectivity index (χ2n) is 4.10. The monoisotopic (exact) mass is 248 g/mol. The number of hydrogen-bond donors (Lipinski definition) is 2. The van der Waals surface area contributed by atoms with Crippen LogP contribution < -0.4 is 11.1 Å². The molecule has 0 aliphatic rings. The van der Waals surface area contributed by atoms with Crippen LogP contribution >= 0.6 is 0 Å². The fourth-order valence-corrected chi connectivity index (χ4v) is 1.53. The lowest BCUT2D eigenvalue weighted by molar-refractivity contribution is 0.167. The number of benzene rings is 1. The van der Waals surface area contributed by atoms with E-state index in [4.69, 9.17) is 10.5 Å². The zero-order chi connectivity index (χ0) is 13.0. The summed E-state index contributed by atoms with van der Waals surface area (Å²) in [5, 5.41) is 10.8. The van der Waals surface area contributed by atoms with Crippen LogP contribution in [0.3, 0.4) is 0 Å². The Morgan fingerprint density at radius 3 is 3.00 bits per heavy atom. The highest BCUT2D eigenvalue weighted by atomic mass is 16.6. The summed E-state index contributed by atoms with van der Waals surface area (Å²) in [5.41, 5.74) is 9.35. The molecule has 2 rings (SSSR count). The van der Waals surface area contributed by atoms with E-state index in [1.807, 2.05) is 13.0 Å². The van der Waals surface area contributed by atoms with Crippen LogP contribution in [0.25, 0.3) is 11.0 Å². The van der Waals surface area contributed by atoms with Crippen molar-refractivity contribution in [2.24, 2.45) is 0 Å². The number of nitrogen functional groups attached to an aromatic ring is 1. The smallest absolute Gasteiger partial charge is 0.160 e. The molecule has 6 heteroatoms. The SMILES string of the molecule is C=C(C)COCCNc1ccc(N)c2nonc12. The van der Waals surface area contributed by atoms with Crippen molar-refractivity contribution in [3.63, 3.8) is 0 Å². The van der Waals surface area contributed by atoms with Crippen LogP contribution in [-0.4, -0.2) is 30.1 Å². The average Bonchev–Trinajstić information content (AvgIpc) is 2.81. The molecule has 1 aromatic heterocycles. The van der Waals surface area contributed by atoms with Gasteiger partial charge in [0.2, 0.25) is 0 Å². The zero-order valence-corrected chi connectivity index (χ0v) is 10.3. The van der Waals surface area contributed by atoms with Gasteiger partial charge in [0.15, 0.2) is 11.0 Å². The first-order valence-corrected chi connectivity index (χ1v) is 5.65. The van der Waals surface area contributed by atoms with Crippen LogP contribution in [0.4, 0.5) is 11.4 Å². The Bertz CT molecular complexity index is 550. The van der Waals surface area contributed by atoms with Gasteiger partial charge in [0.25, 0.3) is 0 Å². The summed E-state index contributed by atoms with van der Waals surface area (Å²) in [4.78, 5) is 0. The summed E-state index contributed by atoms with van der Waals surface area (Å²) in [7, 11) is 0. The summed E-state index contributed by atoms with van der Waals surface area (Å²) in [6, 6.07) is 3.62. The first-order valence-electron chi connectivity index (χ1n) is 5.65. The molecule has 6 nitrogen and oxygen atoms in total. The Hall–Kier alpha value is -2.08. The Morgan fingerprint density at radius 1 is 1.44 bits per heavy atom. The third kappa shape index (κ3) is 2.78. The van der Waals surface area contributed by atoms with Gasteiger partial charge < -0.3 is 15.8 Å². The number of nitrogens with two attached hydrogens (primary N) is 1. The minimum Gasteiger partial charge on any atom is -0.397 e. The van der Waals surface area contributed by atoms with Crippen molar-refractivity contribution < 1.29 is 9.37 Å². The highest BCUT2D eigenvalue weighted by Crippen LogP contribution is 2.24. The lowest BCUT2D eigenvalue weighted by Crippen LogP contribution is -2.10. The van der Waals surface area contributed by atoms with Crippen molar-refractivity contribution in [2.75, 3.05) is 30.8 Å². The predicted molar refractivity (Wildman–Crippen MR) is 70.3 cm³/mol. The maximum atomic E-state index is 5.75. The molecule has 0 bridgehead atoms. The van der Waals surface area contributed by atoms with Gasteiger partial charge in [-0.15, -0.1) is 0 Å². The van der Waals surface area contributed by atoms with Crippen molar-refractivity contribution in [1.82, 2.24) is 10.3 Å². The van der Waals surface area contributed by atoms with E-state index in [9.17, 15) is 0 Å². The fourth-order valence-electron chi connectivity index (χ4n) is 1.53. The van der Waals surface area contributed by atoms with Gasteiger partial charge in [-0.1, -0.05) is 12.2 Å². The quantitative estimate of drug-likeness (QED) is 0.460. The van der Waals surface area contributed by atoms with Gasteiger partial charge in [0.05, 0.1) is 24.6 Å². The molecule has 0 spiro atoms. The molecular formula is C12H16N4O2. The zero-order valence-electron chi connectivity index (χ0n) is 10.3. The Morgan fingerprint density at radius 2 is 2.22 bits per heavy atom. The van der Waals surface area contributed by atoms with E-state index in [-0.39, 0.29) is 0 Å². The highest BCUT2D eigenvalue weighted by molar-refractivity contribution is 5.94. The molecule has 0 saturated carbocycles. The number of aromatic nitrogens is 2. The van der Waals surface area contributed by atoms with Crippen molar-refractivity contribution in [3.05, 3.63) is 24.3 Å². The van der Waals surface area contributed by atoms with Gasteiger partial charge in [0.1, 0.15) is 0 Å². The predicted octanol–water partition coefficient (Wildman–Crippen LogP) is 1.81. The van der Waals surface area contributed by atoms with Crippen LogP contribution in [-0.2, 0) is 4.74 Å². The number of hydrogen-bond acceptors (Lipinski definition) is 6. The van der Waals surface area contributed by atoms with Gasteiger partial charge in [0, 0.05) is 6.54 Å². The van der Waals surface area contributed by atoms with E-state index < -0.39 is 0 Å². The number of nitrogens with one attached hydrogen (secondary N) is 1. The number of anilines is 2. The van der Waals surface area contributed by atoms with Gasteiger partial charge in [-0.25, -0.2) is 4.63 Å². The number of ether oxygens (including phenoxy) is 1. The van der Waals surface area contributed by atoms with Gasteiger partial charge in [-0.2, -0.15) is 0 Å². The molecule has 3 N–H and O–H groups in total. The van der Waals surface area contributed by atoms with E-state index in [2.05, 4.69) is 26.8 Å². The molecule has 0 unspecified atom stereocenters. The van der Waals surface area contributed by atoms with Crippen LogP contribution in [0.1, 0.15) is 6.92 Å². The molecule has 18 heavy (non-hydrogen) atoms. The third-order valence-electron chi connectivity index (χ3n) is 2.36. The average molecular weight is 248 g/mol. The second kappa shape index (κ2) is 5.50. The Balaban J connectivity index is 1.94. The van der Waals surface area contributed by atoms with Crippen LogP contribution in [0.2, 0.25) is 0 Å².